The Morgan fingerprint density at radius 3 is 2.83 bits per heavy atom. The number of nitrogens with two attached hydrogens (primary N) is 1. The van der Waals surface area contributed by atoms with Crippen molar-refractivity contribution in [2.45, 2.75) is 18.0 Å². The minimum Gasteiger partial charge on any atom is -0.486 e. The third-order valence-corrected chi connectivity index (χ3v) is 4.11. The quantitative estimate of drug-likeness (QED) is 0.759. The van der Waals surface area contributed by atoms with E-state index < -0.39 is 17.4 Å². The van der Waals surface area contributed by atoms with E-state index in [-0.39, 0.29) is 35.1 Å². The first kappa shape index (κ1) is 18.7. The Bertz CT molecular complexity index is 586. The van der Waals surface area contributed by atoms with E-state index >= 15 is 0 Å². The molecule has 1 aromatic rings. The van der Waals surface area contributed by atoms with Crippen LogP contribution in [-0.2, 0) is 0 Å². The van der Waals surface area contributed by atoms with Gasteiger partial charge in [-0.1, -0.05) is 0 Å². The van der Waals surface area contributed by atoms with Crippen molar-refractivity contribution in [1.82, 2.24) is 4.90 Å². The number of halogens is 4. The molecule has 0 bridgehead atoms. The van der Waals surface area contributed by atoms with Gasteiger partial charge in [0, 0.05) is 37.1 Å². The number of ether oxygens (including phenoxy) is 1. The highest BCUT2D eigenvalue weighted by atomic mass is 32.2. The number of thioether (sulfide) groups is 1. The third kappa shape index (κ3) is 6.08. The average molecular weight is 367 g/mol. The van der Waals surface area contributed by atoms with E-state index in [4.69, 9.17) is 10.5 Å². The first-order valence-corrected chi connectivity index (χ1v) is 8.17. The van der Waals surface area contributed by atoms with Crippen LogP contribution in [0.1, 0.15) is 6.42 Å². The van der Waals surface area contributed by atoms with Gasteiger partial charge in [0.15, 0.2) is 11.6 Å². The topological polar surface area (TPSA) is 67.6 Å². The molecule has 1 atom stereocenters. The fourth-order valence-electron chi connectivity index (χ4n) is 2.38. The molecule has 134 valence electrons. The van der Waals surface area contributed by atoms with Crippen molar-refractivity contribution in [2.24, 2.45) is 5.73 Å². The molecule has 0 spiro atoms. The highest BCUT2D eigenvalue weighted by Gasteiger charge is 2.29. The molecule has 2 rings (SSSR count). The van der Waals surface area contributed by atoms with Gasteiger partial charge < -0.3 is 15.8 Å². The summed E-state index contributed by atoms with van der Waals surface area (Å²) in [5.74, 6) is -0.660. The van der Waals surface area contributed by atoms with Gasteiger partial charge in [0.1, 0.15) is 6.10 Å². The number of alkyl halides is 3. The number of carbonyl (C=O) groups is 1. The van der Waals surface area contributed by atoms with Gasteiger partial charge >= 0.3 is 11.5 Å². The van der Waals surface area contributed by atoms with E-state index in [9.17, 15) is 22.4 Å². The monoisotopic (exact) mass is 367 g/mol. The summed E-state index contributed by atoms with van der Waals surface area (Å²) in [5.41, 5.74) is 0.935. The molecule has 1 fully saturated rings. The number of urea groups is 1. The zero-order valence-corrected chi connectivity index (χ0v) is 13.4. The lowest BCUT2D eigenvalue weighted by atomic mass is 10.2. The summed E-state index contributed by atoms with van der Waals surface area (Å²) in [6.07, 6.45) is 0.322. The summed E-state index contributed by atoms with van der Waals surface area (Å²) in [7, 11) is 0. The molecule has 10 heteroatoms. The molecule has 5 nitrogen and oxygen atoms in total. The number of primary amides is 1. The Morgan fingerprint density at radius 2 is 2.21 bits per heavy atom. The fourth-order valence-corrected chi connectivity index (χ4v) is 2.96. The van der Waals surface area contributed by atoms with Gasteiger partial charge in [-0.3, -0.25) is 4.90 Å². The Hall–Kier alpha value is -1.68. The van der Waals surface area contributed by atoms with Crippen LogP contribution < -0.4 is 15.8 Å². The molecule has 1 heterocycles. The maximum Gasteiger partial charge on any atom is 0.441 e. The normalized spacial score (nSPS) is 18.6. The number of nitrogens with zero attached hydrogens (tertiary/aromatic N) is 1. The summed E-state index contributed by atoms with van der Waals surface area (Å²) in [4.78, 5) is 12.6. The van der Waals surface area contributed by atoms with Crippen molar-refractivity contribution < 1.29 is 27.1 Å². The second-order valence-electron chi connectivity index (χ2n) is 5.26. The van der Waals surface area contributed by atoms with E-state index in [1.54, 1.807) is 0 Å². The highest BCUT2D eigenvalue weighted by molar-refractivity contribution is 8.00. The number of anilines is 1. The van der Waals surface area contributed by atoms with Crippen LogP contribution in [-0.4, -0.2) is 47.9 Å². The number of nitrogens with one attached hydrogen (secondary N) is 1. The molecule has 0 aliphatic carbocycles. The van der Waals surface area contributed by atoms with Crippen LogP contribution in [0.15, 0.2) is 18.2 Å². The summed E-state index contributed by atoms with van der Waals surface area (Å²) in [6, 6.07) is 3.12. The molecule has 2 amide bonds. The largest absolute Gasteiger partial charge is 0.486 e. The van der Waals surface area contributed by atoms with E-state index in [0.29, 0.717) is 26.1 Å². The van der Waals surface area contributed by atoms with E-state index in [2.05, 4.69) is 5.32 Å². The zero-order valence-electron chi connectivity index (χ0n) is 12.6. The SMILES string of the molecule is NC(=O)Nc1ccc(OC2CCN(CCSC(F)(F)F)C2)c(F)c1. The summed E-state index contributed by atoms with van der Waals surface area (Å²) < 4.78 is 55.8. The van der Waals surface area contributed by atoms with Crippen LogP contribution in [0.5, 0.6) is 5.75 Å². The van der Waals surface area contributed by atoms with Crippen molar-refractivity contribution in [3.05, 3.63) is 24.0 Å². The van der Waals surface area contributed by atoms with Crippen LogP contribution in [0.4, 0.5) is 28.0 Å². The fraction of sp³-hybridized carbons (Fsp3) is 0.500. The number of benzene rings is 1. The van der Waals surface area contributed by atoms with E-state index in [1.165, 1.54) is 12.1 Å². The molecule has 1 aromatic carbocycles. The summed E-state index contributed by atoms with van der Waals surface area (Å²) in [6.45, 7) is 1.35. The van der Waals surface area contributed by atoms with Crippen LogP contribution in [0, 0.1) is 5.82 Å². The van der Waals surface area contributed by atoms with Crippen LogP contribution in [0.2, 0.25) is 0 Å². The number of amides is 2. The molecule has 1 saturated heterocycles. The van der Waals surface area contributed by atoms with Gasteiger partial charge in [0.2, 0.25) is 0 Å². The molecule has 0 radical (unpaired) electrons. The Labute approximate surface area is 140 Å². The van der Waals surface area contributed by atoms with E-state index in [1.807, 2.05) is 4.90 Å². The molecule has 1 unspecified atom stereocenters. The molecular formula is C14H17F4N3O2S. The second-order valence-corrected chi connectivity index (χ2v) is 6.42. The minimum absolute atomic E-state index is 0.0292. The minimum atomic E-state index is -4.22. The van der Waals surface area contributed by atoms with Crippen molar-refractivity contribution in [1.29, 1.82) is 0 Å². The lowest BCUT2D eigenvalue weighted by molar-refractivity contribution is -0.0328. The maximum atomic E-state index is 13.9. The van der Waals surface area contributed by atoms with Gasteiger partial charge in [0.05, 0.1) is 0 Å². The Morgan fingerprint density at radius 1 is 1.46 bits per heavy atom. The smallest absolute Gasteiger partial charge is 0.441 e. The van der Waals surface area contributed by atoms with Gasteiger partial charge in [-0.2, -0.15) is 13.2 Å². The number of hydrogen-bond donors (Lipinski definition) is 2. The van der Waals surface area contributed by atoms with Crippen molar-refractivity contribution >= 4 is 23.5 Å². The van der Waals surface area contributed by atoms with Crippen LogP contribution in [0.3, 0.4) is 0 Å². The molecule has 0 aromatic heterocycles. The third-order valence-electron chi connectivity index (χ3n) is 3.40. The molecule has 0 saturated carbocycles. The van der Waals surface area contributed by atoms with Crippen molar-refractivity contribution in [3.8, 4) is 5.75 Å². The first-order valence-electron chi connectivity index (χ1n) is 7.18. The van der Waals surface area contributed by atoms with Gasteiger partial charge in [-0.15, -0.1) is 0 Å². The molecule has 3 N–H and O–H groups in total. The summed E-state index contributed by atoms with van der Waals surface area (Å²) >= 11 is -0.0527. The molecule has 24 heavy (non-hydrogen) atoms. The lowest BCUT2D eigenvalue weighted by Crippen LogP contribution is -2.27. The average Bonchev–Trinajstić information content (AvgIpc) is 2.87. The number of likely N-dealkylation sites (tertiary alicyclic amines) is 1. The second kappa shape index (κ2) is 7.93. The van der Waals surface area contributed by atoms with Gasteiger partial charge in [-0.05, 0) is 30.3 Å². The number of hydrogen-bond acceptors (Lipinski definition) is 4. The predicted octanol–water partition coefficient (Wildman–Crippen LogP) is 3.02. The van der Waals surface area contributed by atoms with Crippen LogP contribution in [0.25, 0.3) is 0 Å². The number of rotatable bonds is 6. The molecule has 1 aliphatic heterocycles. The first-order chi connectivity index (χ1) is 11.2. The summed E-state index contributed by atoms with van der Waals surface area (Å²) in [5, 5.41) is 2.25. The lowest BCUT2D eigenvalue weighted by Gasteiger charge is -2.17. The number of carbonyl (C=O) groups excluding carboxylic acids is 1. The van der Waals surface area contributed by atoms with E-state index in [0.717, 1.165) is 6.07 Å². The standard InChI is InChI=1S/C14H17F4N3O2S/c15-11-7-9(20-13(19)22)1-2-12(11)23-10-3-4-21(8-10)5-6-24-14(16,17)18/h1-2,7,10H,3-6,8H2,(H3,19,20,22). The van der Waals surface area contributed by atoms with Gasteiger partial charge in [0.25, 0.3) is 0 Å². The maximum absolute atomic E-state index is 13.9. The highest BCUT2D eigenvalue weighted by Crippen LogP contribution is 2.30. The zero-order chi connectivity index (χ0) is 17.7. The molecule has 1 aliphatic rings. The predicted molar refractivity (Wildman–Crippen MR) is 83.6 cm³/mol. The van der Waals surface area contributed by atoms with Crippen LogP contribution >= 0.6 is 11.8 Å². The van der Waals surface area contributed by atoms with Crippen molar-refractivity contribution in [3.63, 3.8) is 0 Å². The Balaban J connectivity index is 1.81. The Kier molecular flexibility index (Phi) is 6.16. The molecular weight excluding hydrogens is 350 g/mol. The van der Waals surface area contributed by atoms with Gasteiger partial charge in [-0.25, -0.2) is 9.18 Å². The van der Waals surface area contributed by atoms with Crippen molar-refractivity contribution in [2.75, 3.05) is 30.7 Å².